The summed E-state index contributed by atoms with van der Waals surface area (Å²) in [5, 5.41) is 9.05. The monoisotopic (exact) mass is 220 g/mol. The Balaban J connectivity index is 2.26. The number of rotatable bonds is 1. The first kappa shape index (κ1) is 10.3. The van der Waals surface area contributed by atoms with Crippen LogP contribution in [0.25, 0.3) is 0 Å². The standard InChI is InChI=1S/C11H12N2OS/c12-7-8-4-5-9(13-11(8)14)10-3-1-2-6-15-10/h4-5,10H,1-3,6H2,(H,13,14). The van der Waals surface area contributed by atoms with Gasteiger partial charge in [0.15, 0.2) is 0 Å². The zero-order chi connectivity index (χ0) is 10.7. The van der Waals surface area contributed by atoms with E-state index in [0.717, 1.165) is 17.9 Å². The second-order valence-corrected chi connectivity index (χ2v) is 4.93. The molecule has 1 aromatic heterocycles. The maximum Gasteiger partial charge on any atom is 0.266 e. The van der Waals surface area contributed by atoms with Crippen molar-refractivity contribution in [3.05, 3.63) is 33.7 Å². The van der Waals surface area contributed by atoms with Crippen LogP contribution in [0.5, 0.6) is 0 Å². The highest BCUT2D eigenvalue weighted by Crippen LogP contribution is 2.36. The number of nitriles is 1. The molecule has 0 saturated carbocycles. The van der Waals surface area contributed by atoms with Crippen molar-refractivity contribution < 1.29 is 0 Å². The largest absolute Gasteiger partial charge is 0.324 e. The highest BCUT2D eigenvalue weighted by Gasteiger charge is 2.17. The van der Waals surface area contributed by atoms with Crippen molar-refractivity contribution in [3.8, 4) is 6.07 Å². The lowest BCUT2D eigenvalue weighted by Crippen LogP contribution is -2.14. The molecule has 0 aliphatic carbocycles. The molecule has 0 spiro atoms. The van der Waals surface area contributed by atoms with Crippen LogP contribution in [0, 0.1) is 11.3 Å². The molecule has 0 amide bonds. The third kappa shape index (κ3) is 2.24. The summed E-state index contributed by atoms with van der Waals surface area (Å²) in [6, 6.07) is 5.35. The molecule has 1 aliphatic heterocycles. The van der Waals surface area contributed by atoms with Gasteiger partial charge in [0, 0.05) is 10.9 Å². The van der Waals surface area contributed by atoms with Gasteiger partial charge >= 0.3 is 0 Å². The van der Waals surface area contributed by atoms with Gasteiger partial charge < -0.3 is 4.98 Å². The predicted molar refractivity (Wildman–Crippen MR) is 60.8 cm³/mol. The highest BCUT2D eigenvalue weighted by molar-refractivity contribution is 7.99. The lowest BCUT2D eigenvalue weighted by Gasteiger charge is -2.20. The summed E-state index contributed by atoms with van der Waals surface area (Å²) in [6.07, 6.45) is 3.61. The van der Waals surface area contributed by atoms with Crippen molar-refractivity contribution in [1.82, 2.24) is 4.98 Å². The van der Waals surface area contributed by atoms with Crippen molar-refractivity contribution in [3.63, 3.8) is 0 Å². The number of aromatic amines is 1. The van der Waals surface area contributed by atoms with E-state index in [1.54, 1.807) is 6.07 Å². The molecule has 0 bridgehead atoms. The summed E-state index contributed by atoms with van der Waals surface area (Å²) in [6.45, 7) is 0. The number of nitrogens with one attached hydrogen (secondary N) is 1. The number of H-pyrrole nitrogens is 1. The lowest BCUT2D eigenvalue weighted by atomic mass is 10.1. The van der Waals surface area contributed by atoms with E-state index in [1.807, 2.05) is 23.9 Å². The Bertz CT molecular complexity index is 441. The van der Waals surface area contributed by atoms with Crippen molar-refractivity contribution in [1.29, 1.82) is 5.26 Å². The van der Waals surface area contributed by atoms with E-state index in [9.17, 15) is 4.79 Å². The second kappa shape index (κ2) is 4.54. The predicted octanol–water partition coefficient (Wildman–Crippen LogP) is 2.20. The Morgan fingerprint density at radius 2 is 2.33 bits per heavy atom. The molecular weight excluding hydrogens is 208 g/mol. The van der Waals surface area contributed by atoms with Gasteiger partial charge in [-0.15, -0.1) is 0 Å². The molecule has 15 heavy (non-hydrogen) atoms. The zero-order valence-electron chi connectivity index (χ0n) is 8.32. The summed E-state index contributed by atoms with van der Waals surface area (Å²) in [7, 11) is 0. The molecule has 0 aromatic carbocycles. The number of hydrogen-bond acceptors (Lipinski definition) is 3. The molecule has 1 aromatic rings. The van der Waals surface area contributed by atoms with Crippen LogP contribution >= 0.6 is 11.8 Å². The van der Waals surface area contributed by atoms with Crippen LogP contribution in [0.1, 0.15) is 35.8 Å². The Morgan fingerprint density at radius 1 is 1.47 bits per heavy atom. The molecule has 3 nitrogen and oxygen atoms in total. The first-order chi connectivity index (χ1) is 7.31. The van der Waals surface area contributed by atoms with Gasteiger partial charge in [-0.25, -0.2) is 0 Å². The van der Waals surface area contributed by atoms with E-state index in [0.29, 0.717) is 5.25 Å². The van der Waals surface area contributed by atoms with Crippen molar-refractivity contribution in [2.24, 2.45) is 0 Å². The molecule has 0 radical (unpaired) electrons. The third-order valence-electron chi connectivity index (χ3n) is 2.58. The van der Waals surface area contributed by atoms with E-state index in [2.05, 4.69) is 4.98 Å². The van der Waals surface area contributed by atoms with Gasteiger partial charge in [-0.3, -0.25) is 4.79 Å². The Kier molecular flexibility index (Phi) is 3.12. The van der Waals surface area contributed by atoms with E-state index >= 15 is 0 Å². The number of aromatic nitrogens is 1. The first-order valence-corrected chi connectivity index (χ1v) is 6.11. The summed E-state index contributed by atoms with van der Waals surface area (Å²) < 4.78 is 0. The smallest absolute Gasteiger partial charge is 0.266 e. The van der Waals surface area contributed by atoms with Gasteiger partial charge in [0.2, 0.25) is 0 Å². The molecule has 1 fully saturated rings. The molecule has 2 rings (SSSR count). The molecule has 78 valence electrons. The Morgan fingerprint density at radius 3 is 2.93 bits per heavy atom. The second-order valence-electron chi connectivity index (χ2n) is 3.62. The highest BCUT2D eigenvalue weighted by atomic mass is 32.2. The topological polar surface area (TPSA) is 56.6 Å². The van der Waals surface area contributed by atoms with Gasteiger partial charge in [0.25, 0.3) is 5.56 Å². The summed E-state index contributed by atoms with van der Waals surface area (Å²) in [5.74, 6) is 1.16. The van der Waals surface area contributed by atoms with Crippen LogP contribution in [-0.4, -0.2) is 10.7 Å². The van der Waals surface area contributed by atoms with Crippen LogP contribution < -0.4 is 5.56 Å². The molecule has 1 saturated heterocycles. The molecule has 1 N–H and O–H groups in total. The van der Waals surface area contributed by atoms with Gasteiger partial charge in [0.1, 0.15) is 11.6 Å². The van der Waals surface area contributed by atoms with E-state index in [1.165, 1.54) is 12.8 Å². The van der Waals surface area contributed by atoms with Gasteiger partial charge in [-0.2, -0.15) is 17.0 Å². The average molecular weight is 220 g/mol. The summed E-state index contributed by atoms with van der Waals surface area (Å²) >= 11 is 1.89. The van der Waals surface area contributed by atoms with Gasteiger partial charge in [-0.05, 0) is 30.7 Å². The van der Waals surface area contributed by atoms with Crippen LogP contribution in [0.2, 0.25) is 0 Å². The summed E-state index contributed by atoms with van der Waals surface area (Å²) in [4.78, 5) is 14.2. The maximum atomic E-state index is 11.4. The van der Waals surface area contributed by atoms with Crippen molar-refractivity contribution in [2.45, 2.75) is 24.5 Å². The van der Waals surface area contributed by atoms with Crippen LogP contribution in [-0.2, 0) is 0 Å². The number of nitrogens with zero attached hydrogens (tertiary/aromatic N) is 1. The Labute approximate surface area is 92.5 Å². The van der Waals surface area contributed by atoms with E-state index in [-0.39, 0.29) is 11.1 Å². The minimum atomic E-state index is -0.263. The van der Waals surface area contributed by atoms with Gasteiger partial charge in [0.05, 0.1) is 0 Å². The van der Waals surface area contributed by atoms with Crippen LogP contribution in [0.3, 0.4) is 0 Å². The summed E-state index contributed by atoms with van der Waals surface area (Å²) in [5.41, 5.74) is 0.893. The number of pyridine rings is 1. The fourth-order valence-corrected chi connectivity index (χ4v) is 3.06. The van der Waals surface area contributed by atoms with Crippen molar-refractivity contribution in [2.75, 3.05) is 5.75 Å². The van der Waals surface area contributed by atoms with Crippen LogP contribution in [0.15, 0.2) is 16.9 Å². The molecule has 1 aliphatic rings. The fraction of sp³-hybridized carbons (Fsp3) is 0.455. The Hall–Kier alpha value is -1.21. The van der Waals surface area contributed by atoms with Crippen molar-refractivity contribution >= 4 is 11.8 Å². The zero-order valence-corrected chi connectivity index (χ0v) is 9.14. The maximum absolute atomic E-state index is 11.4. The fourth-order valence-electron chi connectivity index (χ4n) is 1.75. The molecule has 1 atom stereocenters. The third-order valence-corrected chi connectivity index (χ3v) is 4.00. The first-order valence-electron chi connectivity index (χ1n) is 5.06. The SMILES string of the molecule is N#Cc1ccc(C2CCCCS2)[nH]c1=O. The average Bonchev–Trinajstić information content (AvgIpc) is 2.30. The lowest BCUT2D eigenvalue weighted by molar-refractivity contribution is 0.674. The molecule has 2 heterocycles. The quantitative estimate of drug-likeness (QED) is 0.789. The van der Waals surface area contributed by atoms with Gasteiger partial charge in [-0.1, -0.05) is 6.42 Å². The number of hydrogen-bond donors (Lipinski definition) is 1. The molecule has 1 unspecified atom stereocenters. The molecular formula is C11H12N2OS. The van der Waals surface area contributed by atoms with E-state index in [4.69, 9.17) is 5.26 Å². The van der Waals surface area contributed by atoms with E-state index < -0.39 is 0 Å². The normalized spacial score (nSPS) is 20.9. The minimum Gasteiger partial charge on any atom is -0.324 e. The minimum absolute atomic E-state index is 0.194. The van der Waals surface area contributed by atoms with Crippen LogP contribution in [0.4, 0.5) is 0 Å². The number of thioether (sulfide) groups is 1. The molecule has 4 heteroatoms.